The van der Waals surface area contributed by atoms with Gasteiger partial charge in [-0.2, -0.15) is 0 Å². The van der Waals surface area contributed by atoms with E-state index in [1.165, 1.54) is 11.1 Å². The van der Waals surface area contributed by atoms with Crippen LogP contribution in [0.2, 0.25) is 0 Å². The molecule has 1 aliphatic rings. The molecule has 0 aromatic heterocycles. The van der Waals surface area contributed by atoms with Crippen LogP contribution in [0.15, 0.2) is 47.5 Å². The predicted octanol–water partition coefficient (Wildman–Crippen LogP) is 3.35. The number of aliphatic imine (C=N–C) groups is 1. The molecule has 32 heavy (non-hydrogen) atoms. The number of hydrogen-bond acceptors (Lipinski definition) is 4. The number of benzene rings is 2. The van der Waals surface area contributed by atoms with Crippen molar-refractivity contribution in [2.24, 2.45) is 4.99 Å². The lowest BCUT2D eigenvalue weighted by atomic mass is 10.1. The summed E-state index contributed by atoms with van der Waals surface area (Å²) in [6, 6.07) is 14.2. The zero-order chi connectivity index (χ0) is 22.1. The molecule has 0 atom stereocenters. The highest BCUT2D eigenvalue weighted by Gasteiger charge is 2.22. The van der Waals surface area contributed by atoms with Gasteiger partial charge in [-0.3, -0.25) is 9.79 Å². The number of fused-ring (bicyclic) bond motifs is 1. The predicted molar refractivity (Wildman–Crippen MR) is 138 cm³/mol. The Hall–Kier alpha value is -2.49. The van der Waals surface area contributed by atoms with Crippen molar-refractivity contribution in [3.05, 3.63) is 59.2 Å². The number of nitrogens with one attached hydrogen (secondary N) is 2. The average molecular weight is 552 g/mol. The number of methoxy groups -OCH3 is 2. The Morgan fingerprint density at radius 1 is 1.00 bits per heavy atom. The summed E-state index contributed by atoms with van der Waals surface area (Å²) in [5.41, 5.74) is 3.67. The van der Waals surface area contributed by atoms with Crippen LogP contribution in [0.3, 0.4) is 0 Å². The minimum atomic E-state index is 0. The van der Waals surface area contributed by atoms with Crippen LogP contribution in [0.25, 0.3) is 0 Å². The molecule has 1 amide bonds. The molecule has 0 spiro atoms. The smallest absolute Gasteiger partial charge is 0.223 e. The topological polar surface area (TPSA) is 75.2 Å². The van der Waals surface area contributed by atoms with Crippen LogP contribution in [-0.4, -0.2) is 51.1 Å². The van der Waals surface area contributed by atoms with Gasteiger partial charge in [-0.05, 0) is 41.7 Å². The Bertz CT molecular complexity index is 895. The molecule has 0 aliphatic carbocycles. The van der Waals surface area contributed by atoms with Gasteiger partial charge < -0.3 is 25.0 Å². The van der Waals surface area contributed by atoms with Gasteiger partial charge in [0.15, 0.2) is 17.5 Å². The summed E-state index contributed by atoms with van der Waals surface area (Å²) in [5.74, 6) is 2.40. The third-order valence-electron chi connectivity index (χ3n) is 5.43. The molecular formula is C24H33IN4O3. The summed E-state index contributed by atoms with van der Waals surface area (Å²) >= 11 is 0. The van der Waals surface area contributed by atoms with E-state index in [1.54, 1.807) is 21.3 Å². The Kier molecular flexibility index (Phi) is 10.6. The highest BCUT2D eigenvalue weighted by atomic mass is 127. The van der Waals surface area contributed by atoms with E-state index < -0.39 is 0 Å². The Morgan fingerprint density at radius 3 is 2.28 bits per heavy atom. The fraction of sp³-hybridized carbons (Fsp3) is 0.417. The molecule has 2 N–H and O–H groups in total. The summed E-state index contributed by atoms with van der Waals surface area (Å²) in [7, 11) is 5.02. The second kappa shape index (κ2) is 13.1. The molecule has 1 aliphatic heterocycles. The van der Waals surface area contributed by atoms with Gasteiger partial charge in [-0.1, -0.05) is 30.3 Å². The summed E-state index contributed by atoms with van der Waals surface area (Å²) in [6.07, 6.45) is 2.13. The standard InChI is InChI=1S/C24H32N4O3.HI/c1-25-24(27-14-12-18-10-11-21(30-2)22(15-18)31-3)26-13-6-9-23(29)28-16-19-7-4-5-8-20(19)17-28;/h4-5,7-8,10-11,15H,6,9,12-14,16-17H2,1-3H3,(H2,25,26,27);1H. The Morgan fingerprint density at radius 2 is 1.66 bits per heavy atom. The molecular weight excluding hydrogens is 519 g/mol. The van der Waals surface area contributed by atoms with Crippen LogP contribution in [0.1, 0.15) is 29.5 Å². The third-order valence-corrected chi connectivity index (χ3v) is 5.43. The zero-order valence-electron chi connectivity index (χ0n) is 19.0. The number of hydrogen-bond donors (Lipinski definition) is 2. The summed E-state index contributed by atoms with van der Waals surface area (Å²) < 4.78 is 10.6. The van der Waals surface area contributed by atoms with Crippen LogP contribution in [0, 0.1) is 0 Å². The van der Waals surface area contributed by atoms with Crippen LogP contribution < -0.4 is 20.1 Å². The maximum atomic E-state index is 12.5. The molecule has 0 saturated heterocycles. The molecule has 8 heteroatoms. The van der Waals surface area contributed by atoms with Crippen molar-refractivity contribution in [3.8, 4) is 11.5 Å². The van der Waals surface area contributed by atoms with Crippen LogP contribution in [-0.2, 0) is 24.3 Å². The molecule has 3 rings (SSSR count). The first-order chi connectivity index (χ1) is 15.1. The molecule has 0 radical (unpaired) electrons. The maximum Gasteiger partial charge on any atom is 0.223 e. The lowest BCUT2D eigenvalue weighted by molar-refractivity contribution is -0.131. The van der Waals surface area contributed by atoms with Crippen LogP contribution in [0.4, 0.5) is 0 Å². The van der Waals surface area contributed by atoms with Gasteiger partial charge in [-0.15, -0.1) is 24.0 Å². The molecule has 7 nitrogen and oxygen atoms in total. The monoisotopic (exact) mass is 552 g/mol. The van der Waals surface area contributed by atoms with E-state index in [2.05, 4.69) is 27.8 Å². The largest absolute Gasteiger partial charge is 0.493 e. The SMILES string of the molecule is CN=C(NCCCC(=O)N1Cc2ccccc2C1)NCCc1ccc(OC)c(OC)c1.I. The van der Waals surface area contributed by atoms with E-state index in [0.29, 0.717) is 13.0 Å². The van der Waals surface area contributed by atoms with Gasteiger partial charge in [0, 0.05) is 39.6 Å². The first-order valence-electron chi connectivity index (χ1n) is 10.6. The van der Waals surface area contributed by atoms with Gasteiger partial charge in [-0.25, -0.2) is 0 Å². The zero-order valence-corrected chi connectivity index (χ0v) is 21.3. The van der Waals surface area contributed by atoms with Crippen molar-refractivity contribution in [2.45, 2.75) is 32.4 Å². The lowest BCUT2D eigenvalue weighted by Crippen LogP contribution is -2.39. The average Bonchev–Trinajstić information content (AvgIpc) is 3.24. The van der Waals surface area contributed by atoms with Gasteiger partial charge in [0.25, 0.3) is 0 Å². The molecule has 0 bridgehead atoms. The molecule has 0 fully saturated rings. The van der Waals surface area contributed by atoms with Crippen molar-refractivity contribution in [2.75, 3.05) is 34.4 Å². The number of guanidine groups is 1. The van der Waals surface area contributed by atoms with E-state index in [0.717, 1.165) is 55.5 Å². The number of ether oxygens (including phenoxy) is 2. The van der Waals surface area contributed by atoms with Gasteiger partial charge in [0.1, 0.15) is 0 Å². The fourth-order valence-corrected chi connectivity index (χ4v) is 3.70. The fourth-order valence-electron chi connectivity index (χ4n) is 3.70. The number of carbonyl (C=O) groups excluding carboxylic acids is 1. The van der Waals surface area contributed by atoms with Crippen molar-refractivity contribution in [1.82, 2.24) is 15.5 Å². The molecule has 2 aromatic carbocycles. The molecule has 2 aromatic rings. The maximum absolute atomic E-state index is 12.5. The van der Waals surface area contributed by atoms with Crippen molar-refractivity contribution in [1.29, 1.82) is 0 Å². The second-order valence-electron chi connectivity index (χ2n) is 7.49. The number of carbonyl (C=O) groups is 1. The number of rotatable bonds is 9. The normalized spacial score (nSPS) is 12.6. The quantitative estimate of drug-likeness (QED) is 0.216. The van der Waals surface area contributed by atoms with Crippen LogP contribution in [0.5, 0.6) is 11.5 Å². The summed E-state index contributed by atoms with van der Waals surface area (Å²) in [4.78, 5) is 18.7. The molecule has 0 unspecified atom stereocenters. The number of halogens is 1. The summed E-state index contributed by atoms with van der Waals surface area (Å²) in [6.45, 7) is 2.88. The van der Waals surface area contributed by atoms with E-state index in [4.69, 9.17) is 9.47 Å². The van der Waals surface area contributed by atoms with Gasteiger partial charge >= 0.3 is 0 Å². The first-order valence-corrected chi connectivity index (χ1v) is 10.6. The highest BCUT2D eigenvalue weighted by molar-refractivity contribution is 14.0. The van der Waals surface area contributed by atoms with E-state index in [1.807, 2.05) is 35.2 Å². The van der Waals surface area contributed by atoms with Crippen molar-refractivity contribution >= 4 is 35.8 Å². The number of nitrogens with zero attached hydrogens (tertiary/aromatic N) is 2. The van der Waals surface area contributed by atoms with E-state index in [-0.39, 0.29) is 29.9 Å². The Labute approximate surface area is 207 Å². The third kappa shape index (κ3) is 7.01. The summed E-state index contributed by atoms with van der Waals surface area (Å²) in [5, 5.41) is 6.59. The number of amides is 1. The molecule has 0 saturated carbocycles. The van der Waals surface area contributed by atoms with Crippen LogP contribution >= 0.6 is 24.0 Å². The van der Waals surface area contributed by atoms with Gasteiger partial charge in [0.05, 0.1) is 14.2 Å². The van der Waals surface area contributed by atoms with Crippen molar-refractivity contribution < 1.29 is 14.3 Å². The highest BCUT2D eigenvalue weighted by Crippen LogP contribution is 2.27. The molecule has 1 heterocycles. The van der Waals surface area contributed by atoms with Gasteiger partial charge in [0.2, 0.25) is 5.91 Å². The van der Waals surface area contributed by atoms with Crippen molar-refractivity contribution in [3.63, 3.8) is 0 Å². The minimum absolute atomic E-state index is 0. The Balaban J connectivity index is 0.00000363. The second-order valence-corrected chi connectivity index (χ2v) is 7.49. The first kappa shape index (κ1) is 25.8. The van der Waals surface area contributed by atoms with E-state index >= 15 is 0 Å². The lowest BCUT2D eigenvalue weighted by Gasteiger charge is -2.16. The minimum Gasteiger partial charge on any atom is -0.493 e. The van der Waals surface area contributed by atoms with E-state index in [9.17, 15) is 4.79 Å². The molecule has 174 valence electrons.